The Morgan fingerprint density at radius 3 is 3.07 bits per heavy atom. The summed E-state index contributed by atoms with van der Waals surface area (Å²) in [6.45, 7) is 3.58. The molecule has 0 bridgehead atoms. The van der Waals surface area contributed by atoms with E-state index in [0.717, 1.165) is 23.7 Å². The average Bonchev–Trinajstić information content (AvgIpc) is 2.78. The molecule has 3 nitrogen and oxygen atoms in total. The molecular formula is C11H15N3S. The molecule has 15 heavy (non-hydrogen) atoms. The maximum atomic E-state index is 5.56. The molecule has 2 aromatic rings. The molecule has 0 aliphatic rings. The van der Waals surface area contributed by atoms with Gasteiger partial charge in [0.15, 0.2) is 0 Å². The van der Waals surface area contributed by atoms with Crippen LogP contribution in [-0.4, -0.2) is 16.1 Å². The number of nitrogens with two attached hydrogens (primary N) is 1. The van der Waals surface area contributed by atoms with Crippen LogP contribution in [0.3, 0.4) is 0 Å². The highest BCUT2D eigenvalue weighted by Crippen LogP contribution is 2.12. The van der Waals surface area contributed by atoms with Crippen LogP contribution in [0.5, 0.6) is 0 Å². The molecule has 0 aromatic carbocycles. The van der Waals surface area contributed by atoms with Crippen LogP contribution in [0.4, 0.5) is 0 Å². The van der Waals surface area contributed by atoms with Crippen molar-refractivity contribution in [2.45, 2.75) is 19.9 Å². The van der Waals surface area contributed by atoms with E-state index in [1.54, 1.807) is 11.3 Å². The Morgan fingerprint density at radius 1 is 1.53 bits per heavy atom. The van der Waals surface area contributed by atoms with Crippen molar-refractivity contribution < 1.29 is 0 Å². The predicted molar refractivity (Wildman–Crippen MR) is 63.1 cm³/mol. The van der Waals surface area contributed by atoms with Crippen LogP contribution in [0.15, 0.2) is 23.7 Å². The van der Waals surface area contributed by atoms with E-state index < -0.39 is 0 Å². The van der Waals surface area contributed by atoms with E-state index >= 15 is 0 Å². The monoisotopic (exact) mass is 221 g/mol. The fourth-order valence-electron chi connectivity index (χ4n) is 1.60. The van der Waals surface area contributed by atoms with Crippen LogP contribution in [0.2, 0.25) is 0 Å². The molecular weight excluding hydrogens is 206 g/mol. The maximum absolute atomic E-state index is 5.56. The van der Waals surface area contributed by atoms with Crippen LogP contribution in [-0.2, 0) is 13.0 Å². The van der Waals surface area contributed by atoms with Crippen molar-refractivity contribution in [2.24, 2.45) is 5.73 Å². The van der Waals surface area contributed by atoms with Gasteiger partial charge in [-0.2, -0.15) is 0 Å². The van der Waals surface area contributed by atoms with Gasteiger partial charge in [0.2, 0.25) is 0 Å². The lowest BCUT2D eigenvalue weighted by Crippen LogP contribution is -2.09. The van der Waals surface area contributed by atoms with Gasteiger partial charge in [0.25, 0.3) is 0 Å². The van der Waals surface area contributed by atoms with E-state index in [-0.39, 0.29) is 0 Å². The number of aryl methyl sites for hydroxylation is 1. The average molecular weight is 221 g/mol. The molecule has 2 aromatic heterocycles. The number of rotatable bonds is 4. The van der Waals surface area contributed by atoms with Crippen molar-refractivity contribution in [3.8, 4) is 0 Å². The number of hydrogen-bond acceptors (Lipinski definition) is 3. The van der Waals surface area contributed by atoms with Crippen LogP contribution in [0, 0.1) is 6.92 Å². The molecule has 0 spiro atoms. The number of hydrogen-bond donors (Lipinski definition) is 1. The molecule has 0 atom stereocenters. The van der Waals surface area contributed by atoms with Gasteiger partial charge < -0.3 is 10.3 Å². The quantitative estimate of drug-likeness (QED) is 0.855. The lowest BCUT2D eigenvalue weighted by molar-refractivity contribution is 0.731. The third kappa shape index (κ3) is 2.46. The van der Waals surface area contributed by atoms with E-state index in [4.69, 9.17) is 5.73 Å². The Balaban J connectivity index is 2.13. The lowest BCUT2D eigenvalue weighted by Gasteiger charge is -2.05. The Labute approximate surface area is 93.6 Å². The summed E-state index contributed by atoms with van der Waals surface area (Å²) in [5, 5.41) is 3.24. The largest absolute Gasteiger partial charge is 0.345 e. The fourth-order valence-corrected chi connectivity index (χ4v) is 2.37. The minimum atomic E-state index is 0.695. The molecule has 0 saturated heterocycles. The van der Waals surface area contributed by atoms with Crippen molar-refractivity contribution in [2.75, 3.05) is 6.54 Å². The lowest BCUT2D eigenvalue weighted by atomic mass is 10.3. The summed E-state index contributed by atoms with van der Waals surface area (Å²) in [4.78, 5) is 4.45. The van der Waals surface area contributed by atoms with Gasteiger partial charge in [-0.1, -0.05) is 0 Å². The Bertz CT molecular complexity index is 430. The maximum Gasteiger partial charge on any atom is 0.113 e. The SMILES string of the molecule is Cc1csc(Cn2cccc2CCN)n1. The van der Waals surface area contributed by atoms with Crippen molar-refractivity contribution >= 4 is 11.3 Å². The third-order valence-corrected chi connectivity index (χ3v) is 3.25. The first kappa shape index (κ1) is 10.4. The smallest absolute Gasteiger partial charge is 0.113 e. The summed E-state index contributed by atoms with van der Waals surface area (Å²) in [6, 6.07) is 4.18. The number of nitrogens with zero attached hydrogens (tertiary/aromatic N) is 2. The molecule has 2 rings (SSSR count). The highest BCUT2D eigenvalue weighted by molar-refractivity contribution is 7.09. The molecule has 0 amide bonds. The molecule has 0 saturated carbocycles. The van der Waals surface area contributed by atoms with Gasteiger partial charge in [-0.05, 0) is 32.0 Å². The Morgan fingerprint density at radius 2 is 2.40 bits per heavy atom. The molecule has 0 aliphatic carbocycles. The van der Waals surface area contributed by atoms with Gasteiger partial charge in [0.1, 0.15) is 5.01 Å². The Hall–Kier alpha value is -1.13. The van der Waals surface area contributed by atoms with Crippen molar-refractivity contribution in [1.29, 1.82) is 0 Å². The molecule has 80 valence electrons. The first-order chi connectivity index (χ1) is 7.29. The standard InChI is InChI=1S/C11H15N3S/c1-9-8-15-11(13-9)7-14-6-2-3-10(14)4-5-12/h2-3,6,8H,4-5,7,12H2,1H3. The van der Waals surface area contributed by atoms with Crippen LogP contribution in [0.1, 0.15) is 16.4 Å². The fraction of sp³-hybridized carbons (Fsp3) is 0.364. The summed E-state index contributed by atoms with van der Waals surface area (Å²) in [7, 11) is 0. The van der Waals surface area contributed by atoms with E-state index in [9.17, 15) is 0 Å². The molecule has 0 fully saturated rings. The van der Waals surface area contributed by atoms with Crippen molar-refractivity contribution in [3.63, 3.8) is 0 Å². The minimum Gasteiger partial charge on any atom is -0.345 e. The number of thiazole rings is 1. The summed E-state index contributed by atoms with van der Waals surface area (Å²) < 4.78 is 2.21. The Kier molecular flexibility index (Phi) is 3.18. The van der Waals surface area contributed by atoms with Crippen molar-refractivity contribution in [1.82, 2.24) is 9.55 Å². The third-order valence-electron chi connectivity index (χ3n) is 2.30. The molecule has 2 N–H and O–H groups in total. The van der Waals surface area contributed by atoms with Crippen LogP contribution >= 0.6 is 11.3 Å². The molecule has 0 radical (unpaired) electrons. The van der Waals surface area contributed by atoms with E-state index in [2.05, 4.69) is 33.3 Å². The summed E-state index contributed by atoms with van der Waals surface area (Å²) in [5.74, 6) is 0. The molecule has 0 aliphatic heterocycles. The van der Waals surface area contributed by atoms with Crippen molar-refractivity contribution in [3.05, 3.63) is 40.1 Å². The zero-order valence-corrected chi connectivity index (χ0v) is 9.63. The van der Waals surface area contributed by atoms with E-state index in [1.165, 1.54) is 5.69 Å². The van der Waals surface area contributed by atoms with Crippen LogP contribution in [0.25, 0.3) is 0 Å². The number of aromatic nitrogens is 2. The van der Waals surface area contributed by atoms with Gasteiger partial charge in [0.05, 0.1) is 6.54 Å². The second-order valence-electron chi connectivity index (χ2n) is 3.55. The normalized spacial score (nSPS) is 10.8. The summed E-state index contributed by atoms with van der Waals surface area (Å²) >= 11 is 1.71. The minimum absolute atomic E-state index is 0.695. The van der Waals surface area contributed by atoms with Crippen LogP contribution < -0.4 is 5.73 Å². The second-order valence-corrected chi connectivity index (χ2v) is 4.49. The topological polar surface area (TPSA) is 43.8 Å². The highest BCUT2D eigenvalue weighted by atomic mass is 32.1. The van der Waals surface area contributed by atoms with Gasteiger partial charge in [-0.25, -0.2) is 4.98 Å². The van der Waals surface area contributed by atoms with Gasteiger partial charge in [-0.3, -0.25) is 0 Å². The molecule has 0 unspecified atom stereocenters. The van der Waals surface area contributed by atoms with E-state index in [0.29, 0.717) is 6.54 Å². The highest BCUT2D eigenvalue weighted by Gasteiger charge is 2.03. The van der Waals surface area contributed by atoms with Gasteiger partial charge >= 0.3 is 0 Å². The van der Waals surface area contributed by atoms with Gasteiger partial charge in [-0.15, -0.1) is 11.3 Å². The zero-order chi connectivity index (χ0) is 10.7. The molecule has 4 heteroatoms. The predicted octanol–water partition coefficient (Wildman–Crippen LogP) is 1.80. The first-order valence-corrected chi connectivity index (χ1v) is 5.92. The second kappa shape index (κ2) is 4.59. The summed E-state index contributed by atoms with van der Waals surface area (Å²) in [5.41, 5.74) is 7.94. The summed E-state index contributed by atoms with van der Waals surface area (Å²) in [6.07, 6.45) is 3.01. The zero-order valence-electron chi connectivity index (χ0n) is 8.81. The first-order valence-electron chi connectivity index (χ1n) is 5.04. The van der Waals surface area contributed by atoms with E-state index in [1.807, 2.05) is 6.92 Å². The molecule has 2 heterocycles. The van der Waals surface area contributed by atoms with Gasteiger partial charge in [0, 0.05) is 23.0 Å².